The molecule has 0 fully saturated rings. The molecule has 19 heavy (non-hydrogen) atoms. The first-order valence-corrected chi connectivity index (χ1v) is 7.75. The summed E-state index contributed by atoms with van der Waals surface area (Å²) in [5.74, 6) is 0. The quantitative estimate of drug-likeness (QED) is 0.827. The highest BCUT2D eigenvalue weighted by molar-refractivity contribution is 7.89. The van der Waals surface area contributed by atoms with Crippen LogP contribution in [-0.4, -0.2) is 45.6 Å². The highest BCUT2D eigenvalue weighted by Crippen LogP contribution is 2.30. The highest BCUT2D eigenvalue weighted by atomic mass is 35.5. The van der Waals surface area contributed by atoms with Crippen LogP contribution in [0.15, 0.2) is 17.0 Å². The van der Waals surface area contributed by atoms with Crippen LogP contribution in [0.3, 0.4) is 0 Å². The zero-order valence-corrected chi connectivity index (χ0v) is 13.0. The van der Waals surface area contributed by atoms with Gasteiger partial charge in [-0.05, 0) is 26.2 Å². The van der Waals surface area contributed by atoms with E-state index in [1.165, 1.54) is 12.1 Å². The maximum absolute atomic E-state index is 12.1. The number of benzene rings is 1. The fourth-order valence-electron chi connectivity index (χ4n) is 1.41. The fraction of sp³-hybridized carbons (Fsp3) is 0.455. The fourth-order valence-corrected chi connectivity index (χ4v) is 3.33. The lowest BCUT2D eigenvalue weighted by Gasteiger charge is -2.13. The summed E-state index contributed by atoms with van der Waals surface area (Å²) >= 11 is 11.8. The number of nitrogens with zero attached hydrogens (tertiary/aromatic N) is 1. The van der Waals surface area contributed by atoms with Crippen LogP contribution in [0.5, 0.6) is 0 Å². The van der Waals surface area contributed by atoms with E-state index in [0.29, 0.717) is 6.54 Å². The molecule has 0 saturated carbocycles. The van der Waals surface area contributed by atoms with Crippen LogP contribution in [0.2, 0.25) is 10.0 Å². The van der Waals surface area contributed by atoms with Gasteiger partial charge >= 0.3 is 0 Å². The molecule has 1 rings (SSSR count). The van der Waals surface area contributed by atoms with Crippen molar-refractivity contribution in [2.75, 3.05) is 27.2 Å². The number of hydrogen-bond acceptors (Lipinski definition) is 4. The molecule has 0 radical (unpaired) electrons. The summed E-state index contributed by atoms with van der Waals surface area (Å²) in [6, 6.07) is 2.72. The van der Waals surface area contributed by atoms with E-state index in [4.69, 9.17) is 28.3 Å². The number of rotatable bonds is 6. The maximum Gasteiger partial charge on any atom is 0.242 e. The Morgan fingerprint density at radius 2 is 1.95 bits per heavy atom. The molecule has 0 bridgehead atoms. The molecule has 1 aromatic rings. The standard InChI is InChI=1S/C11H16Cl2N2O3S/c1-15(2)6-5-14-19(17,18)10-4-3-9(12)8(7-16)11(10)13/h3-4,14,16H,5-7H2,1-2H3. The second kappa shape index (κ2) is 6.88. The molecular formula is C11H16Cl2N2O3S. The summed E-state index contributed by atoms with van der Waals surface area (Å²) in [5.41, 5.74) is 0.207. The smallest absolute Gasteiger partial charge is 0.242 e. The third-order valence-electron chi connectivity index (χ3n) is 2.45. The summed E-state index contributed by atoms with van der Waals surface area (Å²) in [6.07, 6.45) is 0. The molecule has 0 amide bonds. The topological polar surface area (TPSA) is 69.6 Å². The Hall–Kier alpha value is -0.370. The Balaban J connectivity index is 3.02. The van der Waals surface area contributed by atoms with Gasteiger partial charge in [0.15, 0.2) is 0 Å². The Morgan fingerprint density at radius 1 is 1.32 bits per heavy atom. The number of halogens is 2. The van der Waals surface area contributed by atoms with E-state index in [2.05, 4.69) is 4.72 Å². The van der Waals surface area contributed by atoms with Crippen LogP contribution in [-0.2, 0) is 16.6 Å². The molecule has 2 N–H and O–H groups in total. The van der Waals surface area contributed by atoms with Crippen LogP contribution in [0.4, 0.5) is 0 Å². The van der Waals surface area contributed by atoms with Crippen LogP contribution in [0.25, 0.3) is 0 Å². The van der Waals surface area contributed by atoms with Crippen molar-refractivity contribution in [1.29, 1.82) is 0 Å². The normalized spacial score (nSPS) is 12.1. The summed E-state index contributed by atoms with van der Waals surface area (Å²) < 4.78 is 26.6. The first kappa shape index (κ1) is 16.7. The number of hydrogen-bond donors (Lipinski definition) is 2. The van der Waals surface area contributed by atoms with Gasteiger partial charge in [-0.2, -0.15) is 0 Å². The lowest BCUT2D eigenvalue weighted by Crippen LogP contribution is -2.31. The van der Waals surface area contributed by atoms with Gasteiger partial charge in [0.2, 0.25) is 10.0 Å². The van der Waals surface area contributed by atoms with Crippen molar-refractivity contribution in [3.05, 3.63) is 27.7 Å². The van der Waals surface area contributed by atoms with Crippen molar-refractivity contribution < 1.29 is 13.5 Å². The molecule has 0 aliphatic heterocycles. The average Bonchev–Trinajstić information content (AvgIpc) is 2.28. The molecule has 0 aromatic heterocycles. The number of aliphatic hydroxyl groups excluding tert-OH is 1. The molecule has 108 valence electrons. The molecule has 5 nitrogen and oxygen atoms in total. The number of nitrogens with one attached hydrogen (secondary N) is 1. The van der Waals surface area contributed by atoms with Gasteiger partial charge < -0.3 is 10.0 Å². The second-order valence-corrected chi connectivity index (χ2v) is 6.72. The molecule has 0 aliphatic rings. The molecule has 0 atom stereocenters. The van der Waals surface area contributed by atoms with Crippen molar-refractivity contribution in [3.8, 4) is 0 Å². The second-order valence-electron chi connectivity index (χ2n) is 4.20. The van der Waals surface area contributed by atoms with E-state index in [0.717, 1.165) is 0 Å². The highest BCUT2D eigenvalue weighted by Gasteiger charge is 2.20. The van der Waals surface area contributed by atoms with Crippen molar-refractivity contribution in [2.24, 2.45) is 0 Å². The lowest BCUT2D eigenvalue weighted by molar-refractivity contribution is 0.281. The summed E-state index contributed by atoms with van der Waals surface area (Å²) in [6.45, 7) is 0.415. The Morgan fingerprint density at radius 3 is 2.47 bits per heavy atom. The maximum atomic E-state index is 12.1. The van der Waals surface area contributed by atoms with Gasteiger partial charge in [-0.3, -0.25) is 0 Å². The third kappa shape index (κ3) is 4.30. The molecule has 0 heterocycles. The van der Waals surface area contributed by atoms with Crippen LogP contribution < -0.4 is 4.72 Å². The minimum atomic E-state index is -3.71. The number of sulfonamides is 1. The first-order valence-electron chi connectivity index (χ1n) is 5.51. The molecular weight excluding hydrogens is 311 g/mol. The first-order chi connectivity index (χ1) is 8.79. The van der Waals surface area contributed by atoms with E-state index in [9.17, 15) is 8.42 Å². The van der Waals surface area contributed by atoms with Crippen molar-refractivity contribution in [3.63, 3.8) is 0 Å². The summed E-state index contributed by atoms with van der Waals surface area (Å²) in [7, 11) is -0.0329. The molecule has 0 saturated heterocycles. The van der Waals surface area contributed by atoms with Gasteiger partial charge in [-0.1, -0.05) is 23.2 Å². The van der Waals surface area contributed by atoms with Gasteiger partial charge in [0, 0.05) is 23.7 Å². The number of aliphatic hydroxyl groups is 1. The average molecular weight is 327 g/mol. The Bertz CT molecular complexity index is 547. The van der Waals surface area contributed by atoms with Gasteiger partial charge in [0.25, 0.3) is 0 Å². The largest absolute Gasteiger partial charge is 0.392 e. The minimum absolute atomic E-state index is 0.0487. The SMILES string of the molecule is CN(C)CCNS(=O)(=O)c1ccc(Cl)c(CO)c1Cl. The predicted octanol–water partition coefficient (Wildman–Crippen LogP) is 1.33. The molecule has 0 aliphatic carbocycles. The summed E-state index contributed by atoms with van der Waals surface area (Å²) in [5, 5.41) is 9.33. The van der Waals surface area contributed by atoms with E-state index >= 15 is 0 Å². The predicted molar refractivity (Wildman–Crippen MR) is 76.1 cm³/mol. The van der Waals surface area contributed by atoms with Gasteiger partial charge in [0.1, 0.15) is 4.90 Å². The van der Waals surface area contributed by atoms with Crippen LogP contribution >= 0.6 is 23.2 Å². The summed E-state index contributed by atoms with van der Waals surface area (Å²) in [4.78, 5) is 1.77. The minimum Gasteiger partial charge on any atom is -0.392 e. The van der Waals surface area contributed by atoms with Crippen molar-refractivity contribution in [1.82, 2.24) is 9.62 Å². The Kier molecular flexibility index (Phi) is 6.04. The molecule has 0 unspecified atom stereocenters. The van der Waals surface area contributed by atoms with Crippen LogP contribution in [0, 0.1) is 0 Å². The molecule has 1 aromatic carbocycles. The molecule has 8 heteroatoms. The van der Waals surface area contributed by atoms with Crippen molar-refractivity contribution >= 4 is 33.2 Å². The lowest BCUT2D eigenvalue weighted by atomic mass is 10.2. The van der Waals surface area contributed by atoms with Gasteiger partial charge in [-0.25, -0.2) is 13.1 Å². The van der Waals surface area contributed by atoms with Crippen LogP contribution in [0.1, 0.15) is 5.56 Å². The zero-order chi connectivity index (χ0) is 14.6. The number of likely N-dealkylation sites (N-methyl/N-ethyl adjacent to an activating group) is 1. The monoisotopic (exact) mass is 326 g/mol. The van der Waals surface area contributed by atoms with E-state index < -0.39 is 16.6 Å². The van der Waals surface area contributed by atoms with Crippen molar-refractivity contribution in [2.45, 2.75) is 11.5 Å². The van der Waals surface area contributed by atoms with E-state index in [-0.39, 0.29) is 27.0 Å². The third-order valence-corrected chi connectivity index (χ3v) is 4.85. The zero-order valence-electron chi connectivity index (χ0n) is 10.7. The van der Waals surface area contributed by atoms with E-state index in [1.807, 2.05) is 19.0 Å². The van der Waals surface area contributed by atoms with Gasteiger partial charge in [0.05, 0.1) is 11.6 Å². The Labute approximate surface area is 123 Å². The van der Waals surface area contributed by atoms with E-state index in [1.54, 1.807) is 0 Å². The van der Waals surface area contributed by atoms with Gasteiger partial charge in [-0.15, -0.1) is 0 Å². The molecule has 0 spiro atoms.